The van der Waals surface area contributed by atoms with Crippen molar-refractivity contribution in [3.8, 4) is 5.75 Å². The summed E-state index contributed by atoms with van der Waals surface area (Å²) in [5, 5.41) is 9.66. The standard InChI is InChI=1S/C17H15ClO3/c1-12(19)9-16(20)15-10-14(18)7-8-17(15)21-11-13-5-3-2-4-6-13/h2-10,19H,11H2,1H3. The number of allylic oxidation sites excluding steroid dienone is 2. The highest BCUT2D eigenvalue weighted by Gasteiger charge is 2.12. The Bertz CT molecular complexity index is 659. The highest BCUT2D eigenvalue weighted by atomic mass is 35.5. The van der Waals surface area contributed by atoms with Gasteiger partial charge in [-0.3, -0.25) is 4.79 Å². The Balaban J connectivity index is 2.23. The first kappa shape index (κ1) is 15.1. The molecule has 0 spiro atoms. The molecule has 0 heterocycles. The molecule has 21 heavy (non-hydrogen) atoms. The maximum Gasteiger partial charge on any atom is 0.192 e. The van der Waals surface area contributed by atoms with Gasteiger partial charge >= 0.3 is 0 Å². The molecule has 0 aliphatic heterocycles. The second kappa shape index (κ2) is 6.95. The van der Waals surface area contributed by atoms with E-state index in [2.05, 4.69) is 0 Å². The average molecular weight is 303 g/mol. The Hall–Kier alpha value is -2.26. The molecule has 0 aliphatic rings. The summed E-state index contributed by atoms with van der Waals surface area (Å²) in [5.74, 6) is 0.0281. The van der Waals surface area contributed by atoms with Gasteiger partial charge < -0.3 is 9.84 Å². The van der Waals surface area contributed by atoms with Crippen molar-refractivity contribution in [2.24, 2.45) is 0 Å². The highest BCUT2D eigenvalue weighted by Crippen LogP contribution is 2.25. The van der Waals surface area contributed by atoms with Crippen molar-refractivity contribution in [2.75, 3.05) is 0 Å². The van der Waals surface area contributed by atoms with E-state index in [0.717, 1.165) is 11.6 Å². The first-order valence-electron chi connectivity index (χ1n) is 6.44. The van der Waals surface area contributed by atoms with E-state index in [0.29, 0.717) is 22.9 Å². The molecule has 0 amide bonds. The summed E-state index contributed by atoms with van der Waals surface area (Å²) in [6.45, 7) is 1.79. The lowest BCUT2D eigenvalue weighted by Gasteiger charge is -2.10. The van der Waals surface area contributed by atoms with E-state index in [4.69, 9.17) is 16.3 Å². The second-order valence-corrected chi connectivity index (χ2v) is 5.00. The number of hydrogen-bond acceptors (Lipinski definition) is 3. The largest absolute Gasteiger partial charge is 0.512 e. The number of ether oxygens (including phenoxy) is 1. The average Bonchev–Trinajstić information content (AvgIpc) is 2.46. The van der Waals surface area contributed by atoms with Gasteiger partial charge in [-0.05, 0) is 30.7 Å². The molecule has 0 aliphatic carbocycles. The monoisotopic (exact) mass is 302 g/mol. The van der Waals surface area contributed by atoms with Crippen LogP contribution in [0, 0.1) is 0 Å². The van der Waals surface area contributed by atoms with Crippen LogP contribution in [0.3, 0.4) is 0 Å². The van der Waals surface area contributed by atoms with Crippen molar-refractivity contribution >= 4 is 17.4 Å². The fourth-order valence-electron chi connectivity index (χ4n) is 1.82. The molecule has 2 aromatic carbocycles. The van der Waals surface area contributed by atoms with Crippen molar-refractivity contribution in [3.05, 3.63) is 76.5 Å². The van der Waals surface area contributed by atoms with E-state index in [1.165, 1.54) is 13.0 Å². The van der Waals surface area contributed by atoms with Crippen LogP contribution in [0.1, 0.15) is 22.8 Å². The first-order valence-corrected chi connectivity index (χ1v) is 6.82. The Morgan fingerprint density at radius 2 is 1.95 bits per heavy atom. The number of ketones is 1. The summed E-state index contributed by atoms with van der Waals surface area (Å²) >= 11 is 5.92. The van der Waals surface area contributed by atoms with Gasteiger partial charge in [0.2, 0.25) is 0 Å². The van der Waals surface area contributed by atoms with E-state index < -0.39 is 0 Å². The fourth-order valence-corrected chi connectivity index (χ4v) is 2.00. The number of carbonyl (C=O) groups is 1. The van der Waals surface area contributed by atoms with Crippen LogP contribution >= 0.6 is 11.6 Å². The summed E-state index contributed by atoms with van der Waals surface area (Å²) in [6.07, 6.45) is 1.14. The van der Waals surface area contributed by atoms with Crippen LogP contribution in [0.15, 0.2) is 60.4 Å². The molecule has 4 heteroatoms. The van der Waals surface area contributed by atoms with Crippen LogP contribution in [0.2, 0.25) is 5.02 Å². The first-order chi connectivity index (χ1) is 10.1. The third-order valence-corrected chi connectivity index (χ3v) is 3.02. The van der Waals surface area contributed by atoms with E-state index in [-0.39, 0.29) is 11.5 Å². The van der Waals surface area contributed by atoms with Gasteiger partial charge in [0.25, 0.3) is 0 Å². The quantitative estimate of drug-likeness (QED) is 0.500. The van der Waals surface area contributed by atoms with Crippen molar-refractivity contribution < 1.29 is 14.6 Å². The molecule has 3 nitrogen and oxygen atoms in total. The van der Waals surface area contributed by atoms with E-state index in [9.17, 15) is 9.90 Å². The van der Waals surface area contributed by atoms with E-state index in [1.807, 2.05) is 30.3 Å². The Morgan fingerprint density at radius 3 is 2.62 bits per heavy atom. The summed E-state index contributed by atoms with van der Waals surface area (Å²) in [6, 6.07) is 14.5. The lowest BCUT2D eigenvalue weighted by molar-refractivity contribution is 0.103. The van der Waals surface area contributed by atoms with Crippen LogP contribution in [-0.2, 0) is 6.61 Å². The lowest BCUT2D eigenvalue weighted by Crippen LogP contribution is -2.03. The summed E-state index contributed by atoms with van der Waals surface area (Å²) in [5.41, 5.74) is 1.33. The van der Waals surface area contributed by atoms with Crippen molar-refractivity contribution in [1.29, 1.82) is 0 Å². The third-order valence-electron chi connectivity index (χ3n) is 2.78. The molecule has 0 atom stereocenters. The number of benzene rings is 2. The number of rotatable bonds is 5. The molecule has 0 bridgehead atoms. The van der Waals surface area contributed by atoms with Gasteiger partial charge in [0, 0.05) is 11.1 Å². The molecule has 0 fully saturated rings. The molecule has 2 rings (SSSR count). The highest BCUT2D eigenvalue weighted by molar-refractivity contribution is 6.31. The molecule has 1 N–H and O–H groups in total. The zero-order valence-corrected chi connectivity index (χ0v) is 12.3. The van der Waals surface area contributed by atoms with Gasteiger partial charge in [0.15, 0.2) is 5.78 Å². The predicted octanol–water partition coefficient (Wildman–Crippen LogP) is 4.56. The summed E-state index contributed by atoms with van der Waals surface area (Å²) < 4.78 is 5.69. The van der Waals surface area contributed by atoms with Gasteiger partial charge in [-0.25, -0.2) is 0 Å². The Kier molecular flexibility index (Phi) is 5.01. The van der Waals surface area contributed by atoms with Crippen LogP contribution in [0.5, 0.6) is 5.75 Å². The van der Waals surface area contributed by atoms with E-state index >= 15 is 0 Å². The maximum absolute atomic E-state index is 12.1. The minimum atomic E-state index is -0.347. The topological polar surface area (TPSA) is 46.5 Å². The van der Waals surface area contributed by atoms with Gasteiger partial charge in [0.1, 0.15) is 12.4 Å². The minimum absolute atomic E-state index is 0.0611. The molecule has 0 saturated carbocycles. The summed E-state index contributed by atoms with van der Waals surface area (Å²) in [4.78, 5) is 12.1. The molecule has 0 saturated heterocycles. The molecule has 0 radical (unpaired) electrons. The zero-order valence-electron chi connectivity index (χ0n) is 11.5. The number of aliphatic hydroxyl groups is 1. The van der Waals surface area contributed by atoms with Crippen LogP contribution in [0.25, 0.3) is 0 Å². The SMILES string of the molecule is CC(O)=CC(=O)c1cc(Cl)ccc1OCc1ccccc1. The van der Waals surface area contributed by atoms with Gasteiger partial charge in [0.05, 0.1) is 11.3 Å². The van der Waals surface area contributed by atoms with Gasteiger partial charge in [-0.2, -0.15) is 0 Å². The van der Waals surface area contributed by atoms with Crippen LogP contribution in [0.4, 0.5) is 0 Å². The van der Waals surface area contributed by atoms with Gasteiger partial charge in [-0.1, -0.05) is 41.9 Å². The fraction of sp³-hybridized carbons (Fsp3) is 0.118. The number of halogens is 1. The predicted molar refractivity (Wildman–Crippen MR) is 82.9 cm³/mol. The van der Waals surface area contributed by atoms with Gasteiger partial charge in [-0.15, -0.1) is 0 Å². The molecular formula is C17H15ClO3. The lowest BCUT2D eigenvalue weighted by atomic mass is 10.1. The maximum atomic E-state index is 12.1. The smallest absolute Gasteiger partial charge is 0.192 e. The van der Waals surface area contributed by atoms with Crippen LogP contribution < -0.4 is 4.74 Å². The molecular weight excluding hydrogens is 288 g/mol. The van der Waals surface area contributed by atoms with E-state index in [1.54, 1.807) is 12.1 Å². The Morgan fingerprint density at radius 1 is 1.24 bits per heavy atom. The molecule has 0 unspecified atom stereocenters. The number of carbonyl (C=O) groups excluding carboxylic acids is 1. The number of hydrogen-bond donors (Lipinski definition) is 1. The van der Waals surface area contributed by atoms with Crippen LogP contribution in [-0.4, -0.2) is 10.9 Å². The minimum Gasteiger partial charge on any atom is -0.512 e. The van der Waals surface area contributed by atoms with Crippen molar-refractivity contribution in [1.82, 2.24) is 0 Å². The number of aliphatic hydroxyl groups excluding tert-OH is 1. The normalized spacial score (nSPS) is 11.2. The molecule has 2 aromatic rings. The summed E-state index contributed by atoms with van der Waals surface area (Å²) in [7, 11) is 0. The second-order valence-electron chi connectivity index (χ2n) is 4.56. The molecule has 108 valence electrons. The zero-order chi connectivity index (χ0) is 15.2. The van der Waals surface area contributed by atoms with Crippen molar-refractivity contribution in [2.45, 2.75) is 13.5 Å². The van der Waals surface area contributed by atoms with Crippen molar-refractivity contribution in [3.63, 3.8) is 0 Å². The molecule has 0 aromatic heterocycles. The third kappa shape index (κ3) is 4.36. The Labute approximate surface area is 128 Å².